The molecule has 4 heteroatoms. The topological polar surface area (TPSA) is 61.5 Å². The molecule has 0 aliphatic heterocycles. The molecule has 0 radical (unpaired) electrons. The summed E-state index contributed by atoms with van der Waals surface area (Å²) in [7, 11) is 1.33. The largest absolute Gasteiger partial charge is 0.467 e. The van der Waals surface area contributed by atoms with Crippen molar-refractivity contribution in [2.75, 3.05) is 19.5 Å². The molecule has 0 heterocycles. The average molecular weight is 195 g/mol. The van der Waals surface area contributed by atoms with Gasteiger partial charge < -0.3 is 15.2 Å². The van der Waals surface area contributed by atoms with Crippen molar-refractivity contribution in [3.05, 3.63) is 29.8 Å². The smallest absolute Gasteiger partial charge is 0.331 e. The molecule has 0 aliphatic carbocycles. The van der Waals surface area contributed by atoms with E-state index in [4.69, 9.17) is 10.5 Å². The number of methoxy groups -OCH3 is 1. The number of carbonyl (C=O) groups excluding carboxylic acids is 1. The minimum absolute atomic E-state index is 0.0269. The summed E-state index contributed by atoms with van der Waals surface area (Å²) in [5.41, 5.74) is 7.20. The molecule has 0 aliphatic rings. The Balaban J connectivity index is 2.31. The number of rotatable bonds is 4. The second-order valence-electron chi connectivity index (χ2n) is 2.81. The first-order chi connectivity index (χ1) is 6.72. The van der Waals surface area contributed by atoms with Gasteiger partial charge in [-0.15, -0.1) is 0 Å². The van der Waals surface area contributed by atoms with Gasteiger partial charge in [-0.3, -0.25) is 0 Å². The van der Waals surface area contributed by atoms with Crippen LogP contribution in [0.4, 0.5) is 5.69 Å². The molecule has 0 fully saturated rings. The van der Waals surface area contributed by atoms with E-state index < -0.39 is 0 Å². The molecule has 1 aromatic rings. The third-order valence-electron chi connectivity index (χ3n) is 1.70. The van der Waals surface area contributed by atoms with E-state index >= 15 is 0 Å². The molecule has 0 saturated heterocycles. The fourth-order valence-electron chi connectivity index (χ4n) is 0.925. The van der Waals surface area contributed by atoms with Gasteiger partial charge in [-0.2, -0.15) is 0 Å². The van der Waals surface area contributed by atoms with Crippen LogP contribution >= 0.6 is 0 Å². The minimum Gasteiger partial charge on any atom is -0.467 e. The number of nitrogen functional groups attached to an aromatic ring is 1. The maximum Gasteiger partial charge on any atom is 0.331 e. The molecular formula is C10H13NO3. The van der Waals surface area contributed by atoms with Gasteiger partial charge in [-0.25, -0.2) is 4.79 Å². The fourth-order valence-corrected chi connectivity index (χ4v) is 0.925. The zero-order chi connectivity index (χ0) is 10.4. The molecular weight excluding hydrogens is 182 g/mol. The molecule has 2 N–H and O–H groups in total. The minimum atomic E-state index is -0.375. The molecule has 0 unspecified atom stereocenters. The SMILES string of the molecule is COC(=O)COCc1ccc(N)cc1. The number of hydrogen-bond acceptors (Lipinski definition) is 4. The highest BCUT2D eigenvalue weighted by molar-refractivity contribution is 5.70. The summed E-state index contributed by atoms with van der Waals surface area (Å²) >= 11 is 0. The molecule has 0 atom stereocenters. The molecule has 1 aromatic carbocycles. The van der Waals surface area contributed by atoms with Crippen molar-refractivity contribution in [1.29, 1.82) is 0 Å². The number of nitrogens with two attached hydrogens (primary N) is 1. The summed E-state index contributed by atoms with van der Waals surface area (Å²) in [5, 5.41) is 0. The maximum absolute atomic E-state index is 10.7. The Bertz CT molecular complexity index is 295. The van der Waals surface area contributed by atoms with E-state index in [1.165, 1.54) is 7.11 Å². The maximum atomic E-state index is 10.7. The average Bonchev–Trinajstić information content (AvgIpc) is 2.21. The lowest BCUT2D eigenvalue weighted by atomic mass is 10.2. The summed E-state index contributed by atoms with van der Waals surface area (Å²) in [6.45, 7) is 0.357. The van der Waals surface area contributed by atoms with Crippen molar-refractivity contribution in [2.24, 2.45) is 0 Å². The van der Waals surface area contributed by atoms with Gasteiger partial charge in [0, 0.05) is 5.69 Å². The number of benzene rings is 1. The van der Waals surface area contributed by atoms with Gasteiger partial charge >= 0.3 is 5.97 Å². The Morgan fingerprint density at radius 1 is 1.36 bits per heavy atom. The highest BCUT2D eigenvalue weighted by atomic mass is 16.6. The van der Waals surface area contributed by atoms with Crippen LogP contribution in [0.2, 0.25) is 0 Å². The third kappa shape index (κ3) is 3.45. The lowest BCUT2D eigenvalue weighted by Crippen LogP contribution is -2.09. The Labute approximate surface area is 82.6 Å². The molecule has 0 amide bonds. The van der Waals surface area contributed by atoms with Crippen LogP contribution in [0.1, 0.15) is 5.56 Å². The van der Waals surface area contributed by atoms with Gasteiger partial charge in [0.15, 0.2) is 0 Å². The summed E-state index contributed by atoms with van der Waals surface area (Å²) < 4.78 is 9.52. The van der Waals surface area contributed by atoms with Crippen molar-refractivity contribution in [1.82, 2.24) is 0 Å². The zero-order valence-corrected chi connectivity index (χ0v) is 8.03. The number of hydrogen-bond donors (Lipinski definition) is 1. The van der Waals surface area contributed by atoms with Crippen molar-refractivity contribution in [3.63, 3.8) is 0 Å². The molecule has 0 aromatic heterocycles. The molecule has 4 nitrogen and oxygen atoms in total. The highest BCUT2D eigenvalue weighted by Crippen LogP contribution is 2.06. The van der Waals surface area contributed by atoms with Crippen molar-refractivity contribution in [3.8, 4) is 0 Å². The summed E-state index contributed by atoms with van der Waals surface area (Å²) in [4.78, 5) is 10.7. The highest BCUT2D eigenvalue weighted by Gasteiger charge is 1.99. The lowest BCUT2D eigenvalue weighted by molar-refractivity contribution is -0.146. The number of carbonyl (C=O) groups is 1. The molecule has 0 saturated carbocycles. The first-order valence-electron chi connectivity index (χ1n) is 4.21. The van der Waals surface area contributed by atoms with E-state index in [1.54, 1.807) is 12.1 Å². The Hall–Kier alpha value is -1.55. The van der Waals surface area contributed by atoms with E-state index in [0.29, 0.717) is 12.3 Å². The number of anilines is 1. The molecule has 0 spiro atoms. The van der Waals surface area contributed by atoms with Gasteiger partial charge in [-0.1, -0.05) is 12.1 Å². The summed E-state index contributed by atoms with van der Waals surface area (Å²) in [6.07, 6.45) is 0. The van der Waals surface area contributed by atoms with Crippen LogP contribution < -0.4 is 5.73 Å². The predicted octanol–water partition coefficient (Wildman–Crippen LogP) is 0.958. The van der Waals surface area contributed by atoms with Gasteiger partial charge in [0.05, 0.1) is 13.7 Å². The Morgan fingerprint density at radius 3 is 2.57 bits per heavy atom. The quantitative estimate of drug-likeness (QED) is 0.574. The van der Waals surface area contributed by atoms with Crippen molar-refractivity contribution in [2.45, 2.75) is 6.61 Å². The monoisotopic (exact) mass is 195 g/mol. The molecule has 0 bridgehead atoms. The lowest BCUT2D eigenvalue weighted by Gasteiger charge is -2.03. The number of ether oxygens (including phenoxy) is 2. The van der Waals surface area contributed by atoms with E-state index in [1.807, 2.05) is 12.1 Å². The first kappa shape index (κ1) is 10.5. The van der Waals surface area contributed by atoms with Crippen LogP contribution in [-0.4, -0.2) is 19.7 Å². The Kier molecular flexibility index (Phi) is 3.94. The van der Waals surface area contributed by atoms with Gasteiger partial charge in [0.2, 0.25) is 0 Å². The third-order valence-corrected chi connectivity index (χ3v) is 1.70. The Morgan fingerprint density at radius 2 is 2.00 bits per heavy atom. The second-order valence-corrected chi connectivity index (χ2v) is 2.81. The van der Waals surface area contributed by atoms with Crippen LogP contribution in [0.3, 0.4) is 0 Å². The van der Waals surface area contributed by atoms with Crippen LogP contribution in [0.25, 0.3) is 0 Å². The van der Waals surface area contributed by atoms with Crippen LogP contribution in [0.15, 0.2) is 24.3 Å². The van der Waals surface area contributed by atoms with Crippen LogP contribution in [0.5, 0.6) is 0 Å². The van der Waals surface area contributed by atoms with Gasteiger partial charge in [-0.05, 0) is 17.7 Å². The first-order valence-corrected chi connectivity index (χ1v) is 4.21. The standard InChI is InChI=1S/C10H13NO3/c1-13-10(12)7-14-6-8-2-4-9(11)5-3-8/h2-5H,6-7,11H2,1H3. The van der Waals surface area contributed by atoms with E-state index in [-0.39, 0.29) is 12.6 Å². The van der Waals surface area contributed by atoms with Crippen molar-refractivity contribution >= 4 is 11.7 Å². The van der Waals surface area contributed by atoms with Gasteiger partial charge in [0.1, 0.15) is 6.61 Å². The van der Waals surface area contributed by atoms with Crippen LogP contribution in [-0.2, 0) is 20.9 Å². The van der Waals surface area contributed by atoms with Crippen molar-refractivity contribution < 1.29 is 14.3 Å². The normalized spacial score (nSPS) is 9.79. The summed E-state index contributed by atoms with van der Waals surface area (Å²) in [6, 6.07) is 7.28. The second kappa shape index (κ2) is 5.24. The van der Waals surface area contributed by atoms with E-state index in [9.17, 15) is 4.79 Å². The summed E-state index contributed by atoms with van der Waals surface area (Å²) in [5.74, 6) is -0.375. The number of esters is 1. The fraction of sp³-hybridized carbons (Fsp3) is 0.300. The molecule has 76 valence electrons. The molecule has 14 heavy (non-hydrogen) atoms. The predicted molar refractivity (Wildman–Crippen MR) is 52.5 cm³/mol. The zero-order valence-electron chi connectivity index (χ0n) is 8.03. The van der Waals surface area contributed by atoms with Gasteiger partial charge in [0.25, 0.3) is 0 Å². The van der Waals surface area contributed by atoms with E-state index in [0.717, 1.165) is 5.56 Å². The van der Waals surface area contributed by atoms with Crippen LogP contribution in [0, 0.1) is 0 Å². The molecule has 1 rings (SSSR count). The van der Waals surface area contributed by atoms with E-state index in [2.05, 4.69) is 4.74 Å².